The maximum atomic E-state index is 13.1. The summed E-state index contributed by atoms with van der Waals surface area (Å²) in [5.74, 6) is -0.460. The van der Waals surface area contributed by atoms with Gasteiger partial charge in [0.2, 0.25) is 5.91 Å². The molecule has 2 amide bonds. The molecular formula is C22H19N3O3S. The fourth-order valence-electron chi connectivity index (χ4n) is 3.12. The van der Waals surface area contributed by atoms with E-state index in [4.69, 9.17) is 0 Å². The highest BCUT2D eigenvalue weighted by Gasteiger charge is 2.23. The van der Waals surface area contributed by atoms with Gasteiger partial charge in [-0.1, -0.05) is 30.3 Å². The average molecular weight is 405 g/mol. The molecule has 7 heteroatoms. The third kappa shape index (κ3) is 4.30. The van der Waals surface area contributed by atoms with E-state index >= 15 is 0 Å². The van der Waals surface area contributed by atoms with Crippen LogP contribution in [0.2, 0.25) is 0 Å². The zero-order chi connectivity index (χ0) is 20.2. The molecule has 2 aromatic heterocycles. The van der Waals surface area contributed by atoms with Gasteiger partial charge in [-0.05, 0) is 41.3 Å². The number of phenolic OH excluding ortho intramolecular Hbond substituents is 1. The minimum atomic E-state index is -0.778. The molecule has 0 spiro atoms. The van der Waals surface area contributed by atoms with Crippen molar-refractivity contribution in [3.63, 3.8) is 0 Å². The van der Waals surface area contributed by atoms with E-state index in [1.54, 1.807) is 36.4 Å². The molecule has 2 aromatic carbocycles. The lowest BCUT2D eigenvalue weighted by molar-refractivity contribution is -0.118. The summed E-state index contributed by atoms with van der Waals surface area (Å²) < 4.78 is 0. The summed E-state index contributed by atoms with van der Waals surface area (Å²) in [4.78, 5) is 29.3. The van der Waals surface area contributed by atoms with Gasteiger partial charge in [-0.2, -0.15) is 0 Å². The van der Waals surface area contributed by atoms with Crippen molar-refractivity contribution >= 4 is 39.7 Å². The summed E-state index contributed by atoms with van der Waals surface area (Å²) in [6, 6.07) is 16.9. The predicted molar refractivity (Wildman–Crippen MR) is 114 cm³/mol. The van der Waals surface area contributed by atoms with Gasteiger partial charge in [-0.25, -0.2) is 0 Å². The van der Waals surface area contributed by atoms with E-state index in [9.17, 15) is 14.7 Å². The monoisotopic (exact) mass is 405 g/mol. The third-order valence-electron chi connectivity index (χ3n) is 4.59. The second kappa shape index (κ2) is 8.20. The number of carbonyl (C=O) groups is 2. The topological polar surface area (TPSA) is 94.2 Å². The first-order valence-electron chi connectivity index (χ1n) is 9.09. The number of benzene rings is 2. The van der Waals surface area contributed by atoms with Gasteiger partial charge in [-0.15, -0.1) is 11.3 Å². The fraction of sp³-hybridized carbons (Fsp3) is 0.0909. The summed E-state index contributed by atoms with van der Waals surface area (Å²) in [5, 5.41) is 18.0. The lowest BCUT2D eigenvalue weighted by Crippen LogP contribution is -2.45. The number of aromatic nitrogens is 1. The molecular weight excluding hydrogens is 386 g/mol. The Labute approximate surface area is 171 Å². The Hall–Kier alpha value is -3.58. The quantitative estimate of drug-likeness (QED) is 0.392. The average Bonchev–Trinajstić information content (AvgIpc) is 3.41. The van der Waals surface area contributed by atoms with E-state index in [1.807, 2.05) is 35.8 Å². The van der Waals surface area contributed by atoms with Gasteiger partial charge in [0.25, 0.3) is 5.91 Å². The second-order valence-corrected chi connectivity index (χ2v) is 7.56. The highest BCUT2D eigenvalue weighted by molar-refractivity contribution is 7.12. The molecule has 6 nitrogen and oxygen atoms in total. The van der Waals surface area contributed by atoms with Crippen LogP contribution in [-0.4, -0.2) is 27.9 Å². The molecule has 0 aliphatic heterocycles. The zero-order valence-corrected chi connectivity index (χ0v) is 16.2. The molecule has 0 aliphatic carbocycles. The lowest BCUT2D eigenvalue weighted by atomic mass is 10.0. The summed E-state index contributed by atoms with van der Waals surface area (Å²) in [7, 11) is 0. The molecule has 0 saturated carbocycles. The van der Waals surface area contributed by atoms with E-state index in [0.717, 1.165) is 16.5 Å². The number of rotatable bonds is 6. The first kappa shape index (κ1) is 18.8. The normalized spacial score (nSPS) is 11.9. The highest BCUT2D eigenvalue weighted by Crippen LogP contribution is 2.22. The number of hydrogen-bond acceptors (Lipinski definition) is 4. The van der Waals surface area contributed by atoms with Crippen LogP contribution < -0.4 is 10.6 Å². The maximum absolute atomic E-state index is 13.1. The number of H-pyrrole nitrogens is 1. The summed E-state index contributed by atoms with van der Waals surface area (Å²) in [6.07, 6.45) is 2.11. The SMILES string of the molecule is O=C(NC(Cc1ccc(O)cc1)C(=O)Nc1cccc2cc[nH]c12)c1cccs1. The zero-order valence-electron chi connectivity index (χ0n) is 15.4. The Balaban J connectivity index is 1.57. The number of fused-ring (bicyclic) bond motifs is 1. The Morgan fingerprint density at radius 1 is 1.03 bits per heavy atom. The number of para-hydroxylation sites is 1. The summed E-state index contributed by atoms with van der Waals surface area (Å²) in [6.45, 7) is 0. The molecule has 146 valence electrons. The smallest absolute Gasteiger partial charge is 0.262 e. The van der Waals surface area contributed by atoms with Crippen LogP contribution in [0.5, 0.6) is 5.75 Å². The van der Waals surface area contributed by atoms with Crippen LogP contribution in [0.15, 0.2) is 72.2 Å². The van der Waals surface area contributed by atoms with E-state index in [-0.39, 0.29) is 17.6 Å². The highest BCUT2D eigenvalue weighted by atomic mass is 32.1. The Morgan fingerprint density at radius 3 is 2.62 bits per heavy atom. The van der Waals surface area contributed by atoms with Crippen molar-refractivity contribution < 1.29 is 14.7 Å². The van der Waals surface area contributed by atoms with Crippen LogP contribution in [0.4, 0.5) is 5.69 Å². The molecule has 2 heterocycles. The van der Waals surface area contributed by atoms with Crippen molar-refractivity contribution in [3.8, 4) is 5.75 Å². The molecule has 0 radical (unpaired) electrons. The van der Waals surface area contributed by atoms with Gasteiger partial charge >= 0.3 is 0 Å². The number of aromatic amines is 1. The number of phenols is 1. The van der Waals surface area contributed by atoms with Crippen LogP contribution >= 0.6 is 11.3 Å². The standard InChI is InChI=1S/C22H19N3O3S/c26-16-8-6-14(7-9-16)13-18(25-22(28)19-5-2-12-29-19)21(27)24-17-4-1-3-15-10-11-23-20(15)17/h1-12,18,23,26H,13H2,(H,24,27)(H,25,28). The summed E-state index contributed by atoms with van der Waals surface area (Å²) >= 11 is 1.32. The van der Waals surface area contributed by atoms with Crippen LogP contribution in [0.3, 0.4) is 0 Å². The number of anilines is 1. The first-order valence-corrected chi connectivity index (χ1v) is 9.97. The summed E-state index contributed by atoms with van der Waals surface area (Å²) in [5.41, 5.74) is 2.31. The maximum Gasteiger partial charge on any atom is 0.262 e. The number of carbonyl (C=O) groups excluding carboxylic acids is 2. The van der Waals surface area contributed by atoms with Gasteiger partial charge in [-0.3, -0.25) is 9.59 Å². The van der Waals surface area contributed by atoms with Crippen LogP contribution in [0.25, 0.3) is 10.9 Å². The molecule has 0 aliphatic rings. The number of nitrogens with one attached hydrogen (secondary N) is 3. The molecule has 29 heavy (non-hydrogen) atoms. The molecule has 4 rings (SSSR count). The number of thiophene rings is 1. The predicted octanol–water partition coefficient (Wildman–Crippen LogP) is 3.91. The van der Waals surface area contributed by atoms with Gasteiger partial charge in [0.1, 0.15) is 11.8 Å². The molecule has 0 bridgehead atoms. The number of amides is 2. The van der Waals surface area contributed by atoms with Crippen molar-refractivity contribution in [2.75, 3.05) is 5.32 Å². The minimum absolute atomic E-state index is 0.149. The fourth-order valence-corrected chi connectivity index (χ4v) is 3.75. The van der Waals surface area contributed by atoms with Gasteiger partial charge in [0, 0.05) is 18.0 Å². The molecule has 4 N–H and O–H groups in total. The van der Waals surface area contributed by atoms with Crippen molar-refractivity contribution in [1.29, 1.82) is 0 Å². The van der Waals surface area contributed by atoms with Crippen molar-refractivity contribution in [2.45, 2.75) is 12.5 Å². The minimum Gasteiger partial charge on any atom is -0.508 e. The Bertz CT molecular complexity index is 1130. The van der Waals surface area contributed by atoms with Crippen molar-refractivity contribution in [1.82, 2.24) is 10.3 Å². The molecule has 1 atom stereocenters. The van der Waals surface area contributed by atoms with E-state index in [0.29, 0.717) is 17.0 Å². The Morgan fingerprint density at radius 2 is 1.86 bits per heavy atom. The third-order valence-corrected chi connectivity index (χ3v) is 5.46. The Kier molecular flexibility index (Phi) is 5.31. The van der Waals surface area contributed by atoms with Crippen LogP contribution in [0, 0.1) is 0 Å². The molecule has 1 unspecified atom stereocenters. The largest absolute Gasteiger partial charge is 0.508 e. The number of aromatic hydroxyl groups is 1. The van der Waals surface area contributed by atoms with Gasteiger partial charge in [0.15, 0.2) is 0 Å². The van der Waals surface area contributed by atoms with Gasteiger partial charge < -0.3 is 20.7 Å². The number of hydrogen-bond donors (Lipinski definition) is 4. The van der Waals surface area contributed by atoms with E-state index in [1.165, 1.54) is 11.3 Å². The first-order chi connectivity index (χ1) is 14.1. The van der Waals surface area contributed by atoms with E-state index in [2.05, 4.69) is 15.6 Å². The van der Waals surface area contributed by atoms with Gasteiger partial charge in [0.05, 0.1) is 16.1 Å². The second-order valence-electron chi connectivity index (χ2n) is 6.61. The lowest BCUT2D eigenvalue weighted by Gasteiger charge is -2.19. The molecule has 0 saturated heterocycles. The molecule has 0 fully saturated rings. The van der Waals surface area contributed by atoms with Crippen LogP contribution in [0.1, 0.15) is 15.2 Å². The van der Waals surface area contributed by atoms with E-state index < -0.39 is 6.04 Å². The van der Waals surface area contributed by atoms with Crippen molar-refractivity contribution in [3.05, 3.63) is 82.7 Å². The van der Waals surface area contributed by atoms with Crippen molar-refractivity contribution in [2.24, 2.45) is 0 Å². The van der Waals surface area contributed by atoms with Crippen LogP contribution in [-0.2, 0) is 11.2 Å². The molecule has 4 aromatic rings.